The van der Waals surface area contributed by atoms with Gasteiger partial charge in [-0.3, -0.25) is 0 Å². The van der Waals surface area contributed by atoms with Gasteiger partial charge >= 0.3 is 8.18 Å². The van der Waals surface area contributed by atoms with E-state index < -0.39 is 8.18 Å². The van der Waals surface area contributed by atoms with E-state index in [2.05, 4.69) is 0 Å². The molecule has 2 aromatic rings. The number of nitrogens with zero attached hydrogens (tertiary/aromatic N) is 1. The maximum absolute atomic E-state index is 12.5. The molecule has 3 rings (SSSR count). The molecule has 1 aliphatic rings. The monoisotopic (exact) mass is 288 g/mol. The summed E-state index contributed by atoms with van der Waals surface area (Å²) in [7, 11) is -2.04. The molecule has 0 radical (unpaired) electrons. The second kappa shape index (κ2) is 5.71. The zero-order valence-corrected chi connectivity index (χ0v) is 11.9. The first-order valence-electron chi connectivity index (χ1n) is 6.45. The van der Waals surface area contributed by atoms with Gasteiger partial charge in [-0.2, -0.15) is 0 Å². The molecule has 102 valence electrons. The van der Waals surface area contributed by atoms with Crippen molar-refractivity contribution in [2.45, 2.75) is 19.3 Å². The van der Waals surface area contributed by atoms with Crippen molar-refractivity contribution in [3.63, 3.8) is 0 Å². The Bertz CT molecular complexity index is 551. The number of hydrogen-bond donors (Lipinski definition) is 0. The average Bonchev–Trinajstić information content (AvgIpc) is 3.16. The third kappa shape index (κ3) is 2.88. The lowest BCUT2D eigenvalue weighted by atomic mass is 10.3. The molecule has 20 heavy (non-hydrogen) atoms. The van der Waals surface area contributed by atoms with Gasteiger partial charge in [0, 0.05) is 0 Å². The largest absolute Gasteiger partial charge is 0.653 e. The van der Waals surface area contributed by atoms with Crippen molar-refractivity contribution in [1.82, 2.24) is 0 Å². The van der Waals surface area contributed by atoms with E-state index in [0.29, 0.717) is 0 Å². The topological polar surface area (TPSA) is 42.1 Å². The predicted molar refractivity (Wildman–Crippen MR) is 78.0 cm³/mol. The van der Waals surface area contributed by atoms with Crippen LogP contribution in [0.15, 0.2) is 60.7 Å². The standard InChI is InChI=1S/C15H15NO3P/c1-12-15(18-12)19-20(17)16(13-8-4-2-5-9-13)14-10-6-3-7-11-14/h2-12,15H,1H3/q+1/t12-,15+/m1/s1. The van der Waals surface area contributed by atoms with E-state index in [1.807, 2.05) is 67.6 Å². The molecule has 5 heteroatoms. The summed E-state index contributed by atoms with van der Waals surface area (Å²) in [4.78, 5) is 0. The van der Waals surface area contributed by atoms with Crippen LogP contribution in [0.4, 0.5) is 11.4 Å². The number of anilines is 2. The first-order valence-corrected chi connectivity index (χ1v) is 7.58. The maximum atomic E-state index is 12.5. The van der Waals surface area contributed by atoms with Gasteiger partial charge in [-0.15, -0.1) is 4.67 Å². The summed E-state index contributed by atoms with van der Waals surface area (Å²) in [5.74, 6) is 0. The fourth-order valence-electron chi connectivity index (χ4n) is 1.89. The highest BCUT2D eigenvalue weighted by Crippen LogP contribution is 2.45. The third-order valence-corrected chi connectivity index (χ3v) is 4.19. The van der Waals surface area contributed by atoms with Crippen LogP contribution in [0.5, 0.6) is 0 Å². The minimum atomic E-state index is -2.04. The normalized spacial score (nSPS) is 21.4. The summed E-state index contributed by atoms with van der Waals surface area (Å²) in [6.45, 7) is 1.89. The van der Waals surface area contributed by atoms with Crippen LogP contribution in [0.2, 0.25) is 0 Å². The molecule has 3 atom stereocenters. The smallest absolute Gasteiger partial charge is 0.338 e. The number of hydrogen-bond acceptors (Lipinski definition) is 3. The minimum Gasteiger partial charge on any atom is -0.338 e. The van der Waals surface area contributed by atoms with Crippen LogP contribution in [0, 0.1) is 0 Å². The highest BCUT2D eigenvalue weighted by atomic mass is 31.1. The summed E-state index contributed by atoms with van der Waals surface area (Å²) in [5, 5.41) is 0. The molecule has 4 nitrogen and oxygen atoms in total. The molecule has 0 aromatic heterocycles. The SMILES string of the molecule is C[C@H]1O[C@H]1O[P+](=O)N(c1ccccc1)c1ccccc1. The van der Waals surface area contributed by atoms with Gasteiger partial charge in [-0.05, 0) is 35.8 Å². The number of rotatable bonds is 5. The Balaban J connectivity index is 1.89. The van der Waals surface area contributed by atoms with Crippen LogP contribution < -0.4 is 4.67 Å². The van der Waals surface area contributed by atoms with Gasteiger partial charge in [0.05, 0.1) is 11.4 Å². The van der Waals surface area contributed by atoms with E-state index in [-0.39, 0.29) is 12.4 Å². The van der Waals surface area contributed by atoms with Crippen molar-refractivity contribution >= 4 is 19.6 Å². The average molecular weight is 288 g/mol. The highest BCUT2D eigenvalue weighted by molar-refractivity contribution is 7.41. The summed E-state index contributed by atoms with van der Waals surface area (Å²) < 4.78 is 24.8. The van der Waals surface area contributed by atoms with Crippen molar-refractivity contribution in [2.24, 2.45) is 0 Å². The van der Waals surface area contributed by atoms with Crippen molar-refractivity contribution in [1.29, 1.82) is 0 Å². The zero-order valence-electron chi connectivity index (χ0n) is 11.0. The molecular formula is C15H15NO3P+. The Hall–Kier alpha value is -1.74. The Kier molecular flexibility index (Phi) is 3.79. The quantitative estimate of drug-likeness (QED) is 0.609. The Morgan fingerprint density at radius 1 is 1.00 bits per heavy atom. The highest BCUT2D eigenvalue weighted by Gasteiger charge is 2.47. The summed E-state index contributed by atoms with van der Waals surface area (Å²) in [5.41, 5.74) is 1.65. The van der Waals surface area contributed by atoms with Crippen LogP contribution >= 0.6 is 8.18 Å². The number of ether oxygens (including phenoxy) is 1. The number of para-hydroxylation sites is 2. The van der Waals surface area contributed by atoms with Gasteiger partial charge in [0.25, 0.3) is 0 Å². The molecule has 1 aliphatic heterocycles. The Morgan fingerprint density at radius 2 is 1.45 bits per heavy atom. The van der Waals surface area contributed by atoms with Gasteiger partial charge in [0.1, 0.15) is 6.10 Å². The molecule has 0 N–H and O–H groups in total. The Morgan fingerprint density at radius 3 is 1.85 bits per heavy atom. The first-order chi connectivity index (χ1) is 9.75. The van der Waals surface area contributed by atoms with Crippen molar-refractivity contribution in [3.05, 3.63) is 60.7 Å². The molecule has 0 amide bonds. The summed E-state index contributed by atoms with van der Waals surface area (Å²) in [6, 6.07) is 19.1. The lowest BCUT2D eigenvalue weighted by Crippen LogP contribution is -2.09. The summed E-state index contributed by atoms with van der Waals surface area (Å²) >= 11 is 0. The van der Waals surface area contributed by atoms with E-state index in [9.17, 15) is 4.57 Å². The van der Waals surface area contributed by atoms with Crippen LogP contribution in [0.1, 0.15) is 6.92 Å². The van der Waals surface area contributed by atoms with E-state index in [1.54, 1.807) is 4.67 Å². The van der Waals surface area contributed by atoms with Crippen LogP contribution in [-0.2, 0) is 13.8 Å². The van der Waals surface area contributed by atoms with Crippen LogP contribution in [0.25, 0.3) is 0 Å². The van der Waals surface area contributed by atoms with E-state index in [4.69, 9.17) is 9.26 Å². The van der Waals surface area contributed by atoms with Crippen molar-refractivity contribution in [3.8, 4) is 0 Å². The van der Waals surface area contributed by atoms with Crippen LogP contribution in [-0.4, -0.2) is 12.4 Å². The predicted octanol–water partition coefficient (Wildman–Crippen LogP) is 4.24. The molecule has 1 saturated heterocycles. The molecule has 1 fully saturated rings. The van der Waals surface area contributed by atoms with E-state index in [1.165, 1.54) is 0 Å². The molecule has 0 aliphatic carbocycles. The van der Waals surface area contributed by atoms with Crippen LogP contribution in [0.3, 0.4) is 0 Å². The molecule has 1 unspecified atom stereocenters. The van der Waals surface area contributed by atoms with E-state index in [0.717, 1.165) is 11.4 Å². The molecule has 1 heterocycles. The van der Waals surface area contributed by atoms with E-state index >= 15 is 0 Å². The number of benzene rings is 2. The number of epoxide rings is 1. The van der Waals surface area contributed by atoms with Crippen molar-refractivity contribution < 1.29 is 13.8 Å². The lowest BCUT2D eigenvalue weighted by Gasteiger charge is -2.11. The van der Waals surface area contributed by atoms with Gasteiger partial charge in [0.2, 0.25) is 6.29 Å². The fourth-order valence-corrected chi connectivity index (χ4v) is 3.03. The van der Waals surface area contributed by atoms with Gasteiger partial charge in [-0.25, -0.2) is 0 Å². The zero-order chi connectivity index (χ0) is 13.9. The minimum absolute atomic E-state index is 0.0161. The summed E-state index contributed by atoms with van der Waals surface area (Å²) in [6.07, 6.45) is -0.351. The van der Waals surface area contributed by atoms with Crippen molar-refractivity contribution in [2.75, 3.05) is 4.67 Å². The Labute approximate surface area is 118 Å². The first kappa shape index (κ1) is 13.3. The molecule has 2 aromatic carbocycles. The van der Waals surface area contributed by atoms with Gasteiger partial charge in [-0.1, -0.05) is 40.9 Å². The second-order valence-corrected chi connectivity index (χ2v) is 5.62. The molecular weight excluding hydrogens is 273 g/mol. The molecule has 0 bridgehead atoms. The van der Waals surface area contributed by atoms with Gasteiger partial charge in [0.15, 0.2) is 0 Å². The third-order valence-electron chi connectivity index (χ3n) is 3.01. The maximum Gasteiger partial charge on any atom is 0.653 e. The van der Waals surface area contributed by atoms with Gasteiger partial charge < -0.3 is 4.74 Å². The molecule has 0 spiro atoms. The lowest BCUT2D eigenvalue weighted by molar-refractivity contribution is 0.189. The second-order valence-electron chi connectivity index (χ2n) is 4.54. The molecule has 0 saturated carbocycles. The fraction of sp³-hybridized carbons (Fsp3) is 0.200.